The van der Waals surface area contributed by atoms with Crippen molar-refractivity contribution in [1.82, 2.24) is 9.97 Å². The van der Waals surface area contributed by atoms with E-state index in [0.717, 1.165) is 11.4 Å². The third-order valence-corrected chi connectivity index (χ3v) is 1.36. The van der Waals surface area contributed by atoms with Gasteiger partial charge >= 0.3 is 0 Å². The van der Waals surface area contributed by atoms with Crippen LogP contribution >= 0.6 is 11.6 Å². The van der Waals surface area contributed by atoms with Gasteiger partial charge in [-0.1, -0.05) is 13.8 Å². The van der Waals surface area contributed by atoms with Crippen LogP contribution in [-0.2, 0) is 0 Å². The summed E-state index contributed by atoms with van der Waals surface area (Å²) in [6.45, 7) is 5.92. The molecule has 0 aliphatic carbocycles. The number of aryl methyl sites for hydroxylation is 1. The molecular formula is C8H14ClN3. The van der Waals surface area contributed by atoms with E-state index in [4.69, 9.17) is 11.6 Å². The fraction of sp³-hybridized carbons (Fsp3) is 0.500. The molecule has 0 spiro atoms. The molecular weight excluding hydrogens is 174 g/mol. The van der Waals surface area contributed by atoms with E-state index in [-0.39, 0.29) is 5.28 Å². The minimum absolute atomic E-state index is 0.273. The van der Waals surface area contributed by atoms with Crippen LogP contribution in [0.4, 0.5) is 5.82 Å². The first-order valence-corrected chi connectivity index (χ1v) is 4.28. The lowest BCUT2D eigenvalue weighted by molar-refractivity contribution is 1.12. The molecule has 0 saturated heterocycles. The maximum Gasteiger partial charge on any atom is 0.224 e. The summed E-state index contributed by atoms with van der Waals surface area (Å²) in [4.78, 5) is 7.74. The van der Waals surface area contributed by atoms with Crippen molar-refractivity contribution >= 4 is 17.4 Å². The van der Waals surface area contributed by atoms with Crippen LogP contribution in [0.25, 0.3) is 0 Å². The minimum atomic E-state index is 0.273. The summed E-state index contributed by atoms with van der Waals surface area (Å²) < 4.78 is 0. The average Bonchev–Trinajstić information content (AvgIpc) is 2.13. The van der Waals surface area contributed by atoms with Crippen LogP contribution in [-0.4, -0.2) is 17.0 Å². The number of hydrogen-bond donors (Lipinski definition) is 1. The van der Waals surface area contributed by atoms with Gasteiger partial charge < -0.3 is 5.32 Å². The molecule has 3 nitrogen and oxygen atoms in total. The predicted molar refractivity (Wildman–Crippen MR) is 52.7 cm³/mol. The van der Waals surface area contributed by atoms with Gasteiger partial charge in [-0.2, -0.15) is 0 Å². The van der Waals surface area contributed by atoms with E-state index in [1.54, 1.807) is 13.2 Å². The Balaban J connectivity index is 0.000000561. The van der Waals surface area contributed by atoms with Gasteiger partial charge in [0, 0.05) is 18.8 Å². The van der Waals surface area contributed by atoms with Crippen molar-refractivity contribution in [1.29, 1.82) is 0 Å². The summed E-state index contributed by atoms with van der Waals surface area (Å²) in [5.74, 6) is 0.778. The van der Waals surface area contributed by atoms with Crippen LogP contribution in [0.3, 0.4) is 0 Å². The van der Waals surface area contributed by atoms with Gasteiger partial charge in [-0.15, -0.1) is 0 Å². The molecule has 0 radical (unpaired) electrons. The molecule has 1 N–H and O–H groups in total. The highest BCUT2D eigenvalue weighted by Crippen LogP contribution is 2.10. The quantitative estimate of drug-likeness (QED) is 0.687. The predicted octanol–water partition coefficient (Wildman–Crippen LogP) is 2.51. The van der Waals surface area contributed by atoms with Crippen LogP contribution < -0.4 is 5.32 Å². The number of anilines is 1. The molecule has 12 heavy (non-hydrogen) atoms. The maximum atomic E-state index is 5.53. The van der Waals surface area contributed by atoms with Crippen LogP contribution in [0.1, 0.15) is 19.4 Å². The second-order valence-electron chi connectivity index (χ2n) is 1.92. The number of halogens is 1. The van der Waals surface area contributed by atoms with Gasteiger partial charge in [0.1, 0.15) is 5.82 Å². The fourth-order valence-electron chi connectivity index (χ4n) is 0.674. The molecule has 1 heterocycles. The van der Waals surface area contributed by atoms with Crippen molar-refractivity contribution in [3.63, 3.8) is 0 Å². The molecule has 0 amide bonds. The standard InChI is InChI=1S/C6H8ClN3.C2H6/c1-4-3-9-6(7)10-5(4)8-2;1-2/h3H,1-2H3,(H,8,9,10);1-2H3. The SMILES string of the molecule is CC.CNc1nc(Cl)ncc1C. The first-order valence-electron chi connectivity index (χ1n) is 3.91. The van der Waals surface area contributed by atoms with Crippen LogP contribution in [0.5, 0.6) is 0 Å². The number of aromatic nitrogens is 2. The Morgan fingerprint density at radius 2 is 2.00 bits per heavy atom. The highest BCUT2D eigenvalue weighted by Gasteiger charge is 1.97. The highest BCUT2D eigenvalue weighted by atomic mass is 35.5. The van der Waals surface area contributed by atoms with E-state index in [2.05, 4.69) is 15.3 Å². The Bertz CT molecular complexity index is 238. The lowest BCUT2D eigenvalue weighted by Crippen LogP contribution is -1.96. The molecule has 0 saturated carbocycles. The molecule has 68 valence electrons. The van der Waals surface area contributed by atoms with E-state index in [9.17, 15) is 0 Å². The third-order valence-electron chi connectivity index (χ3n) is 1.18. The lowest BCUT2D eigenvalue weighted by atomic mass is 10.3. The Morgan fingerprint density at radius 1 is 1.42 bits per heavy atom. The van der Waals surface area contributed by atoms with E-state index in [1.165, 1.54) is 0 Å². The van der Waals surface area contributed by atoms with Crippen molar-refractivity contribution in [2.24, 2.45) is 0 Å². The smallest absolute Gasteiger partial charge is 0.224 e. The molecule has 0 atom stereocenters. The second-order valence-corrected chi connectivity index (χ2v) is 2.26. The Labute approximate surface area is 78.2 Å². The van der Waals surface area contributed by atoms with Crippen molar-refractivity contribution in [3.05, 3.63) is 17.0 Å². The van der Waals surface area contributed by atoms with Gasteiger partial charge in [-0.05, 0) is 18.5 Å². The molecule has 0 unspecified atom stereocenters. The van der Waals surface area contributed by atoms with E-state index < -0.39 is 0 Å². The Kier molecular flexibility index (Phi) is 5.37. The summed E-state index contributed by atoms with van der Waals surface area (Å²) in [5.41, 5.74) is 0.993. The summed E-state index contributed by atoms with van der Waals surface area (Å²) in [7, 11) is 1.80. The number of rotatable bonds is 1. The second kappa shape index (κ2) is 5.77. The molecule has 1 aromatic rings. The highest BCUT2D eigenvalue weighted by molar-refractivity contribution is 6.28. The largest absolute Gasteiger partial charge is 0.373 e. The first-order chi connectivity index (χ1) is 5.74. The summed E-state index contributed by atoms with van der Waals surface area (Å²) in [6.07, 6.45) is 1.68. The van der Waals surface area contributed by atoms with Gasteiger partial charge in [-0.25, -0.2) is 9.97 Å². The molecule has 1 rings (SSSR count). The number of nitrogens with one attached hydrogen (secondary N) is 1. The van der Waals surface area contributed by atoms with E-state index in [1.807, 2.05) is 20.8 Å². The van der Waals surface area contributed by atoms with Crippen molar-refractivity contribution < 1.29 is 0 Å². The molecule has 0 bridgehead atoms. The third kappa shape index (κ3) is 3.05. The van der Waals surface area contributed by atoms with Gasteiger partial charge in [0.05, 0.1) is 0 Å². The van der Waals surface area contributed by atoms with Gasteiger partial charge in [0.2, 0.25) is 5.28 Å². The lowest BCUT2D eigenvalue weighted by Gasteiger charge is -2.01. The number of hydrogen-bond acceptors (Lipinski definition) is 3. The van der Waals surface area contributed by atoms with Gasteiger partial charge in [0.25, 0.3) is 0 Å². The topological polar surface area (TPSA) is 37.8 Å². The average molecular weight is 188 g/mol. The van der Waals surface area contributed by atoms with Crippen LogP contribution in [0.2, 0.25) is 5.28 Å². The van der Waals surface area contributed by atoms with Crippen LogP contribution in [0.15, 0.2) is 6.20 Å². The zero-order chi connectivity index (χ0) is 9.56. The zero-order valence-corrected chi connectivity index (χ0v) is 8.61. The van der Waals surface area contributed by atoms with Gasteiger partial charge in [0.15, 0.2) is 0 Å². The van der Waals surface area contributed by atoms with E-state index in [0.29, 0.717) is 0 Å². The molecule has 0 aliphatic rings. The number of nitrogens with zero attached hydrogens (tertiary/aromatic N) is 2. The molecule has 0 aliphatic heterocycles. The monoisotopic (exact) mass is 187 g/mol. The molecule has 0 fully saturated rings. The zero-order valence-electron chi connectivity index (χ0n) is 7.85. The normalized spacial score (nSPS) is 8.42. The molecule has 4 heteroatoms. The van der Waals surface area contributed by atoms with Crippen molar-refractivity contribution in [2.45, 2.75) is 20.8 Å². The van der Waals surface area contributed by atoms with E-state index >= 15 is 0 Å². The Morgan fingerprint density at radius 3 is 2.42 bits per heavy atom. The van der Waals surface area contributed by atoms with Crippen molar-refractivity contribution in [2.75, 3.05) is 12.4 Å². The summed E-state index contributed by atoms with van der Waals surface area (Å²) in [6, 6.07) is 0. The van der Waals surface area contributed by atoms with Gasteiger partial charge in [-0.3, -0.25) is 0 Å². The first kappa shape index (κ1) is 11.2. The minimum Gasteiger partial charge on any atom is -0.373 e. The molecule has 1 aromatic heterocycles. The van der Waals surface area contributed by atoms with Crippen LogP contribution in [0, 0.1) is 6.92 Å². The Hall–Kier alpha value is -0.830. The summed E-state index contributed by atoms with van der Waals surface area (Å²) >= 11 is 5.53. The van der Waals surface area contributed by atoms with Crippen molar-refractivity contribution in [3.8, 4) is 0 Å². The fourth-order valence-corrected chi connectivity index (χ4v) is 0.807. The maximum absolute atomic E-state index is 5.53. The summed E-state index contributed by atoms with van der Waals surface area (Å²) in [5, 5.41) is 3.17. The molecule has 0 aromatic carbocycles.